The second-order valence-electron chi connectivity index (χ2n) is 2.62. The smallest absolute Gasteiger partial charge is 0.0668 e. The first-order valence-corrected chi connectivity index (χ1v) is 5.07. The lowest BCUT2D eigenvalue weighted by Gasteiger charge is -2.01. The molecule has 1 saturated heterocycles. The maximum absolute atomic E-state index is 5.50. The number of alkyl halides is 1. The van der Waals surface area contributed by atoms with Crippen molar-refractivity contribution in [3.63, 3.8) is 0 Å². The maximum Gasteiger partial charge on any atom is 0.0668 e. The van der Waals surface area contributed by atoms with Gasteiger partial charge in [-0.2, -0.15) is 0 Å². The van der Waals surface area contributed by atoms with Crippen LogP contribution in [0.5, 0.6) is 0 Å². The van der Waals surface area contributed by atoms with Gasteiger partial charge in [0.2, 0.25) is 0 Å². The molecule has 1 aliphatic heterocycles. The lowest BCUT2D eigenvalue weighted by atomic mass is 10.0. The molecule has 1 rings (SSSR count). The molecule has 9 heavy (non-hydrogen) atoms. The molecule has 0 N–H and O–H groups in total. The average Bonchev–Trinajstić information content (AvgIpc) is 2.34. The topological polar surface area (TPSA) is 9.23 Å². The Kier molecular flexibility index (Phi) is 3.26. The molecule has 0 aromatic heterocycles. The zero-order valence-electron chi connectivity index (χ0n) is 5.77. The third-order valence-corrected chi connectivity index (χ3v) is 2.90. The van der Waals surface area contributed by atoms with E-state index < -0.39 is 0 Å². The van der Waals surface area contributed by atoms with Crippen LogP contribution in [-0.2, 0) is 4.74 Å². The third-order valence-electron chi connectivity index (χ3n) is 1.91. The SMILES string of the molecule is CC[C@H]1CO[C@@H](CI)C1. The van der Waals surface area contributed by atoms with Gasteiger partial charge >= 0.3 is 0 Å². The molecular weight excluding hydrogens is 227 g/mol. The van der Waals surface area contributed by atoms with Crippen molar-refractivity contribution < 1.29 is 4.74 Å². The molecule has 0 aromatic carbocycles. The van der Waals surface area contributed by atoms with E-state index in [-0.39, 0.29) is 0 Å². The first-order valence-electron chi connectivity index (χ1n) is 3.54. The first-order chi connectivity index (χ1) is 4.36. The van der Waals surface area contributed by atoms with Gasteiger partial charge < -0.3 is 4.74 Å². The summed E-state index contributed by atoms with van der Waals surface area (Å²) in [4.78, 5) is 0. The molecule has 0 spiro atoms. The van der Waals surface area contributed by atoms with Crippen molar-refractivity contribution in [1.29, 1.82) is 0 Å². The maximum atomic E-state index is 5.50. The monoisotopic (exact) mass is 240 g/mol. The summed E-state index contributed by atoms with van der Waals surface area (Å²) < 4.78 is 6.66. The van der Waals surface area contributed by atoms with Gasteiger partial charge in [0, 0.05) is 11.0 Å². The Morgan fingerprint density at radius 3 is 2.78 bits per heavy atom. The van der Waals surface area contributed by atoms with Crippen LogP contribution in [0.3, 0.4) is 0 Å². The highest BCUT2D eigenvalue weighted by Crippen LogP contribution is 2.22. The largest absolute Gasteiger partial charge is 0.377 e. The Balaban J connectivity index is 2.20. The van der Waals surface area contributed by atoms with E-state index in [2.05, 4.69) is 29.5 Å². The van der Waals surface area contributed by atoms with Crippen molar-refractivity contribution in [3.8, 4) is 0 Å². The molecule has 2 atom stereocenters. The summed E-state index contributed by atoms with van der Waals surface area (Å²) in [5.41, 5.74) is 0. The van der Waals surface area contributed by atoms with Crippen molar-refractivity contribution in [1.82, 2.24) is 0 Å². The summed E-state index contributed by atoms with van der Waals surface area (Å²) in [7, 11) is 0. The third kappa shape index (κ3) is 2.08. The molecule has 0 aliphatic carbocycles. The number of ether oxygens (including phenoxy) is 1. The normalized spacial score (nSPS) is 35.3. The molecule has 1 aliphatic rings. The van der Waals surface area contributed by atoms with Crippen molar-refractivity contribution in [3.05, 3.63) is 0 Å². The van der Waals surface area contributed by atoms with Crippen molar-refractivity contribution in [2.24, 2.45) is 5.92 Å². The second-order valence-corrected chi connectivity index (χ2v) is 3.50. The summed E-state index contributed by atoms with van der Waals surface area (Å²) in [6.07, 6.45) is 3.14. The number of hydrogen-bond donors (Lipinski definition) is 0. The molecule has 1 nitrogen and oxygen atoms in total. The Morgan fingerprint density at radius 2 is 2.44 bits per heavy atom. The van der Waals surface area contributed by atoms with Gasteiger partial charge in [0.15, 0.2) is 0 Å². The van der Waals surface area contributed by atoms with Gasteiger partial charge in [-0.25, -0.2) is 0 Å². The van der Waals surface area contributed by atoms with Crippen molar-refractivity contribution >= 4 is 22.6 Å². The van der Waals surface area contributed by atoms with E-state index in [4.69, 9.17) is 4.74 Å². The molecule has 0 saturated carbocycles. The van der Waals surface area contributed by atoms with E-state index in [1.165, 1.54) is 12.8 Å². The van der Waals surface area contributed by atoms with Crippen LogP contribution < -0.4 is 0 Å². The molecule has 0 unspecified atom stereocenters. The van der Waals surface area contributed by atoms with Gasteiger partial charge in [0.1, 0.15) is 0 Å². The minimum Gasteiger partial charge on any atom is -0.377 e. The Hall–Kier alpha value is 0.690. The van der Waals surface area contributed by atoms with E-state index >= 15 is 0 Å². The van der Waals surface area contributed by atoms with Gasteiger partial charge in [-0.1, -0.05) is 35.9 Å². The first kappa shape index (κ1) is 7.79. The molecule has 0 amide bonds. The molecule has 0 radical (unpaired) electrons. The Morgan fingerprint density at radius 1 is 1.67 bits per heavy atom. The molecule has 0 bridgehead atoms. The van der Waals surface area contributed by atoms with Gasteiger partial charge in [-0.15, -0.1) is 0 Å². The minimum absolute atomic E-state index is 0.565. The fourth-order valence-electron chi connectivity index (χ4n) is 1.17. The highest BCUT2D eigenvalue weighted by atomic mass is 127. The van der Waals surface area contributed by atoms with Gasteiger partial charge in [0.05, 0.1) is 6.10 Å². The molecule has 2 heteroatoms. The average molecular weight is 240 g/mol. The molecule has 0 aromatic rings. The summed E-state index contributed by atoms with van der Waals surface area (Å²) in [5.74, 6) is 0.852. The van der Waals surface area contributed by atoms with Crippen LogP contribution in [0.2, 0.25) is 0 Å². The van der Waals surface area contributed by atoms with Crippen LogP contribution in [0, 0.1) is 5.92 Å². The number of halogens is 1. The van der Waals surface area contributed by atoms with Crippen LogP contribution in [0.1, 0.15) is 19.8 Å². The quantitative estimate of drug-likeness (QED) is 0.531. The lowest BCUT2D eigenvalue weighted by molar-refractivity contribution is 0.125. The zero-order chi connectivity index (χ0) is 6.69. The predicted octanol–water partition coefficient (Wildman–Crippen LogP) is 2.24. The van der Waals surface area contributed by atoms with Gasteiger partial charge in [-0.3, -0.25) is 0 Å². The summed E-state index contributed by atoms with van der Waals surface area (Å²) in [5, 5.41) is 0. The lowest BCUT2D eigenvalue weighted by Crippen LogP contribution is -2.05. The van der Waals surface area contributed by atoms with Crippen LogP contribution in [0.4, 0.5) is 0 Å². The van der Waals surface area contributed by atoms with E-state index in [0.29, 0.717) is 6.10 Å². The van der Waals surface area contributed by atoms with E-state index in [9.17, 15) is 0 Å². The van der Waals surface area contributed by atoms with Crippen LogP contribution >= 0.6 is 22.6 Å². The molecule has 1 heterocycles. The van der Waals surface area contributed by atoms with E-state index in [1.807, 2.05) is 0 Å². The molecule has 54 valence electrons. The molecular formula is C7H13IO. The minimum atomic E-state index is 0.565. The van der Waals surface area contributed by atoms with Gasteiger partial charge in [0.25, 0.3) is 0 Å². The summed E-state index contributed by atoms with van der Waals surface area (Å²) >= 11 is 2.39. The van der Waals surface area contributed by atoms with E-state index in [0.717, 1.165) is 17.0 Å². The highest BCUT2D eigenvalue weighted by molar-refractivity contribution is 14.1. The molecule has 1 fully saturated rings. The standard InChI is InChI=1S/C7H13IO/c1-2-6-3-7(4-8)9-5-6/h6-7H,2-5H2,1H3/t6-,7-/m1/s1. The number of hydrogen-bond acceptors (Lipinski definition) is 1. The summed E-state index contributed by atoms with van der Waals surface area (Å²) in [6, 6.07) is 0. The van der Waals surface area contributed by atoms with Crippen LogP contribution in [-0.4, -0.2) is 17.1 Å². The number of rotatable bonds is 2. The zero-order valence-corrected chi connectivity index (χ0v) is 7.93. The fraction of sp³-hybridized carbons (Fsp3) is 1.00. The Labute approximate surface area is 70.3 Å². The Bertz CT molecular complexity index is 75.0. The van der Waals surface area contributed by atoms with Gasteiger partial charge in [-0.05, 0) is 12.3 Å². The fourth-order valence-corrected chi connectivity index (χ4v) is 1.79. The second kappa shape index (κ2) is 3.76. The van der Waals surface area contributed by atoms with Crippen LogP contribution in [0.25, 0.3) is 0 Å². The summed E-state index contributed by atoms with van der Waals surface area (Å²) in [6.45, 7) is 3.24. The highest BCUT2D eigenvalue weighted by Gasteiger charge is 2.22. The van der Waals surface area contributed by atoms with Crippen LogP contribution in [0.15, 0.2) is 0 Å². The predicted molar refractivity (Wildman–Crippen MR) is 47.0 cm³/mol. The van der Waals surface area contributed by atoms with Crippen molar-refractivity contribution in [2.45, 2.75) is 25.9 Å². The van der Waals surface area contributed by atoms with E-state index in [1.54, 1.807) is 0 Å². The van der Waals surface area contributed by atoms with Crippen molar-refractivity contribution in [2.75, 3.05) is 11.0 Å².